The molecular formula is C13H21N3O2. The van der Waals surface area contributed by atoms with Gasteiger partial charge in [-0.25, -0.2) is 0 Å². The quantitative estimate of drug-likeness (QED) is 0.523. The average Bonchev–Trinajstić information content (AvgIpc) is 2.35. The second-order valence-electron chi connectivity index (χ2n) is 4.19. The van der Waals surface area contributed by atoms with Crippen molar-refractivity contribution >= 4 is 17.3 Å². The average molecular weight is 251 g/mol. The summed E-state index contributed by atoms with van der Waals surface area (Å²) in [7, 11) is 1.60. The zero-order chi connectivity index (χ0) is 13.5. The number of methoxy groups -OCH3 is 1. The van der Waals surface area contributed by atoms with E-state index >= 15 is 0 Å². The van der Waals surface area contributed by atoms with Gasteiger partial charge in [-0.1, -0.05) is 12.1 Å². The summed E-state index contributed by atoms with van der Waals surface area (Å²) in [5.74, 6) is -0.0760. The van der Waals surface area contributed by atoms with E-state index in [2.05, 4.69) is 10.6 Å². The first-order valence-corrected chi connectivity index (χ1v) is 5.94. The fourth-order valence-corrected chi connectivity index (χ4v) is 1.53. The molecule has 1 amide bonds. The van der Waals surface area contributed by atoms with Gasteiger partial charge >= 0.3 is 0 Å². The van der Waals surface area contributed by atoms with Crippen LogP contribution in [0.1, 0.15) is 12.5 Å². The van der Waals surface area contributed by atoms with Crippen LogP contribution in [0, 0.1) is 6.92 Å². The van der Waals surface area contributed by atoms with Gasteiger partial charge in [0.05, 0.1) is 18.0 Å². The molecule has 100 valence electrons. The van der Waals surface area contributed by atoms with E-state index in [9.17, 15) is 4.79 Å². The normalized spacial score (nSPS) is 11.9. The third-order valence-electron chi connectivity index (χ3n) is 2.69. The Morgan fingerprint density at radius 2 is 2.22 bits per heavy atom. The number of nitrogens with one attached hydrogen (secondary N) is 2. The van der Waals surface area contributed by atoms with Crippen LogP contribution >= 0.6 is 0 Å². The highest BCUT2D eigenvalue weighted by Gasteiger charge is 2.13. The highest BCUT2D eigenvalue weighted by molar-refractivity contribution is 5.85. The monoisotopic (exact) mass is 251 g/mol. The Balaban J connectivity index is 2.56. The molecule has 5 nitrogen and oxygen atoms in total. The van der Waals surface area contributed by atoms with Gasteiger partial charge in [0.2, 0.25) is 5.91 Å². The molecule has 0 fully saturated rings. The molecule has 5 heteroatoms. The molecule has 4 N–H and O–H groups in total. The standard InChI is InChI=1S/C13H21N3O2/c1-9-5-4-6-11(12(9)14)16-10(2)13(17)15-7-8-18-3/h4-6,10,16H,7-8,14H2,1-3H3,(H,15,17). The van der Waals surface area contributed by atoms with E-state index in [1.165, 1.54) is 0 Å². The summed E-state index contributed by atoms with van der Waals surface area (Å²) in [6.07, 6.45) is 0. The summed E-state index contributed by atoms with van der Waals surface area (Å²) in [4.78, 5) is 11.7. The van der Waals surface area contributed by atoms with Crippen molar-refractivity contribution in [2.45, 2.75) is 19.9 Å². The van der Waals surface area contributed by atoms with Gasteiger partial charge < -0.3 is 21.1 Å². The fourth-order valence-electron chi connectivity index (χ4n) is 1.53. The summed E-state index contributed by atoms with van der Waals surface area (Å²) < 4.78 is 4.87. The summed E-state index contributed by atoms with van der Waals surface area (Å²) in [6, 6.07) is 5.36. The third-order valence-corrected chi connectivity index (χ3v) is 2.69. The smallest absolute Gasteiger partial charge is 0.242 e. The number of carbonyl (C=O) groups is 1. The number of anilines is 2. The third kappa shape index (κ3) is 3.92. The van der Waals surface area contributed by atoms with E-state index in [1.807, 2.05) is 25.1 Å². The molecule has 0 saturated carbocycles. The van der Waals surface area contributed by atoms with Gasteiger partial charge in [0.1, 0.15) is 6.04 Å². The van der Waals surface area contributed by atoms with Gasteiger partial charge in [-0.3, -0.25) is 4.79 Å². The molecular weight excluding hydrogens is 230 g/mol. The number of hydrogen-bond acceptors (Lipinski definition) is 4. The van der Waals surface area contributed by atoms with Crippen LogP contribution in [0.3, 0.4) is 0 Å². The number of benzene rings is 1. The lowest BCUT2D eigenvalue weighted by molar-refractivity contribution is -0.121. The molecule has 1 aromatic carbocycles. The number of nitrogens with two attached hydrogens (primary N) is 1. The largest absolute Gasteiger partial charge is 0.397 e. The van der Waals surface area contributed by atoms with E-state index in [4.69, 9.17) is 10.5 Å². The summed E-state index contributed by atoms with van der Waals surface area (Å²) >= 11 is 0. The Morgan fingerprint density at radius 1 is 1.50 bits per heavy atom. The molecule has 1 rings (SSSR count). The van der Waals surface area contributed by atoms with E-state index < -0.39 is 0 Å². The molecule has 0 heterocycles. The van der Waals surface area contributed by atoms with Crippen LogP contribution in [0.4, 0.5) is 11.4 Å². The summed E-state index contributed by atoms with van der Waals surface area (Å²) in [5.41, 5.74) is 8.39. The second-order valence-corrected chi connectivity index (χ2v) is 4.19. The van der Waals surface area contributed by atoms with Crippen LogP contribution < -0.4 is 16.4 Å². The van der Waals surface area contributed by atoms with Gasteiger partial charge in [-0.05, 0) is 25.5 Å². The summed E-state index contributed by atoms with van der Waals surface area (Å²) in [6.45, 7) is 4.74. The van der Waals surface area contributed by atoms with Crippen molar-refractivity contribution in [3.8, 4) is 0 Å². The lowest BCUT2D eigenvalue weighted by Crippen LogP contribution is -2.39. The van der Waals surface area contributed by atoms with Crippen LogP contribution in [0.2, 0.25) is 0 Å². The Bertz CT molecular complexity index is 407. The molecule has 0 radical (unpaired) electrons. The zero-order valence-electron chi connectivity index (χ0n) is 11.1. The molecule has 1 aromatic rings. The first kappa shape index (κ1) is 14.3. The van der Waals surface area contributed by atoms with E-state index in [-0.39, 0.29) is 11.9 Å². The highest BCUT2D eigenvalue weighted by atomic mass is 16.5. The number of rotatable bonds is 6. The Kier molecular flexibility index (Phi) is 5.45. The van der Waals surface area contributed by atoms with Gasteiger partial charge in [-0.2, -0.15) is 0 Å². The maximum absolute atomic E-state index is 11.7. The van der Waals surface area contributed by atoms with Crippen molar-refractivity contribution in [2.24, 2.45) is 0 Å². The topological polar surface area (TPSA) is 76.4 Å². The van der Waals surface area contributed by atoms with Crippen molar-refractivity contribution in [1.29, 1.82) is 0 Å². The minimum Gasteiger partial charge on any atom is -0.397 e. The minimum atomic E-state index is -0.342. The number of ether oxygens (including phenoxy) is 1. The van der Waals surface area contributed by atoms with Crippen LogP contribution in [0.25, 0.3) is 0 Å². The van der Waals surface area contributed by atoms with Crippen molar-refractivity contribution in [1.82, 2.24) is 5.32 Å². The maximum atomic E-state index is 11.7. The molecule has 0 spiro atoms. The predicted molar refractivity (Wildman–Crippen MR) is 73.6 cm³/mol. The second kappa shape index (κ2) is 6.86. The van der Waals surface area contributed by atoms with Crippen LogP contribution in [-0.4, -0.2) is 32.2 Å². The Morgan fingerprint density at radius 3 is 2.89 bits per heavy atom. The molecule has 0 bridgehead atoms. The molecule has 18 heavy (non-hydrogen) atoms. The number of para-hydroxylation sites is 1. The first-order chi connectivity index (χ1) is 8.56. The molecule has 0 aliphatic heterocycles. The number of carbonyl (C=O) groups excluding carboxylic acids is 1. The van der Waals surface area contributed by atoms with Gasteiger partial charge in [-0.15, -0.1) is 0 Å². The van der Waals surface area contributed by atoms with Crippen molar-refractivity contribution in [2.75, 3.05) is 31.3 Å². The van der Waals surface area contributed by atoms with E-state index in [0.29, 0.717) is 18.8 Å². The van der Waals surface area contributed by atoms with E-state index in [1.54, 1.807) is 14.0 Å². The van der Waals surface area contributed by atoms with Crippen molar-refractivity contribution in [3.63, 3.8) is 0 Å². The predicted octanol–water partition coefficient (Wildman–Crippen LogP) is 1.14. The van der Waals surface area contributed by atoms with Crippen molar-refractivity contribution < 1.29 is 9.53 Å². The van der Waals surface area contributed by atoms with Gasteiger partial charge in [0.25, 0.3) is 0 Å². The van der Waals surface area contributed by atoms with Crippen LogP contribution in [0.5, 0.6) is 0 Å². The highest BCUT2D eigenvalue weighted by Crippen LogP contribution is 2.22. The lowest BCUT2D eigenvalue weighted by atomic mass is 10.1. The number of amides is 1. The van der Waals surface area contributed by atoms with E-state index in [0.717, 1.165) is 11.3 Å². The summed E-state index contributed by atoms with van der Waals surface area (Å²) in [5, 5.41) is 5.87. The molecule has 0 saturated heterocycles. The van der Waals surface area contributed by atoms with Crippen molar-refractivity contribution in [3.05, 3.63) is 23.8 Å². The fraction of sp³-hybridized carbons (Fsp3) is 0.462. The van der Waals surface area contributed by atoms with Crippen LogP contribution in [0.15, 0.2) is 18.2 Å². The Hall–Kier alpha value is -1.75. The first-order valence-electron chi connectivity index (χ1n) is 5.94. The molecule has 0 aliphatic rings. The number of aryl methyl sites for hydroxylation is 1. The molecule has 0 aromatic heterocycles. The van der Waals surface area contributed by atoms with Gasteiger partial charge in [0.15, 0.2) is 0 Å². The zero-order valence-corrected chi connectivity index (χ0v) is 11.1. The molecule has 0 aliphatic carbocycles. The van der Waals surface area contributed by atoms with Crippen LogP contribution in [-0.2, 0) is 9.53 Å². The SMILES string of the molecule is COCCNC(=O)C(C)Nc1cccc(C)c1N. The number of nitrogen functional groups attached to an aromatic ring is 1. The molecule has 1 atom stereocenters. The Labute approximate surface area is 108 Å². The minimum absolute atomic E-state index is 0.0760. The molecule has 1 unspecified atom stereocenters. The van der Waals surface area contributed by atoms with Gasteiger partial charge in [0, 0.05) is 13.7 Å². The maximum Gasteiger partial charge on any atom is 0.242 e. The lowest BCUT2D eigenvalue weighted by Gasteiger charge is -2.17. The number of hydrogen-bond donors (Lipinski definition) is 3.